The van der Waals surface area contributed by atoms with Crippen LogP contribution in [-0.4, -0.2) is 30.1 Å². The topological polar surface area (TPSA) is 129 Å². The normalized spacial score (nSPS) is 12.1. The van der Waals surface area contributed by atoms with Crippen LogP contribution in [0.1, 0.15) is 24.6 Å². The van der Waals surface area contributed by atoms with Crippen LogP contribution in [0.2, 0.25) is 5.02 Å². The van der Waals surface area contributed by atoms with Gasteiger partial charge in [0.2, 0.25) is 11.7 Å². The van der Waals surface area contributed by atoms with E-state index in [-0.39, 0.29) is 11.9 Å². The number of aryl methyl sites for hydroxylation is 1. The molecule has 3 heterocycles. The molecule has 164 valence electrons. The summed E-state index contributed by atoms with van der Waals surface area (Å²) < 4.78 is 5.12. The number of nitrogens with one attached hydrogen (secondary N) is 1. The number of hydrogen-bond donors (Lipinski definition) is 2. The van der Waals surface area contributed by atoms with E-state index in [1.807, 2.05) is 55.5 Å². The molecule has 0 aliphatic rings. The summed E-state index contributed by atoms with van der Waals surface area (Å²) in [6.45, 7) is 3.66. The fourth-order valence-corrected chi connectivity index (χ4v) is 3.80. The third-order valence-electron chi connectivity index (χ3n) is 5.12. The predicted octanol–water partition coefficient (Wildman–Crippen LogP) is 4.85. The highest BCUT2D eigenvalue weighted by Crippen LogP contribution is 2.35. The average Bonchev–Trinajstić information content (AvgIpc) is 3.24. The van der Waals surface area contributed by atoms with E-state index in [1.54, 1.807) is 6.92 Å². The minimum Gasteiger partial charge on any atom is -0.383 e. The van der Waals surface area contributed by atoms with Gasteiger partial charge in [-0.1, -0.05) is 47.1 Å². The molecule has 2 aromatic carbocycles. The second-order valence-corrected chi connectivity index (χ2v) is 7.82. The molecule has 33 heavy (non-hydrogen) atoms. The van der Waals surface area contributed by atoms with Gasteiger partial charge in [0.1, 0.15) is 23.5 Å². The van der Waals surface area contributed by atoms with Crippen molar-refractivity contribution in [2.75, 3.05) is 11.1 Å². The second-order valence-electron chi connectivity index (χ2n) is 7.41. The van der Waals surface area contributed by atoms with Crippen LogP contribution in [0.25, 0.3) is 33.7 Å². The first kappa shape index (κ1) is 20.8. The number of nitrogen functional groups attached to an aromatic ring is 1. The van der Waals surface area contributed by atoms with E-state index in [2.05, 4.69) is 25.4 Å². The van der Waals surface area contributed by atoms with Crippen molar-refractivity contribution in [1.82, 2.24) is 30.1 Å². The molecule has 3 N–H and O–H groups in total. The van der Waals surface area contributed by atoms with Crippen LogP contribution in [-0.2, 0) is 0 Å². The SMILES string of the molecule is Cc1nc(-c2c(N)ncnc2NC(C)c2nc3ccccc3nc2-c2ccccc2Cl)no1. The Labute approximate surface area is 194 Å². The smallest absolute Gasteiger partial charge is 0.223 e. The highest BCUT2D eigenvalue weighted by molar-refractivity contribution is 6.33. The summed E-state index contributed by atoms with van der Waals surface area (Å²) in [6.07, 6.45) is 1.38. The van der Waals surface area contributed by atoms with Crippen LogP contribution in [0.5, 0.6) is 0 Å². The van der Waals surface area contributed by atoms with Crippen LogP contribution in [0.15, 0.2) is 59.4 Å². The first-order valence-corrected chi connectivity index (χ1v) is 10.6. The standard InChI is InChI=1S/C23H19ClN8O/c1-12(28-22-18(21(25)26-11-27-22)23-29-13(2)33-32-23)19-20(14-7-3-4-8-15(14)24)31-17-10-6-5-9-16(17)30-19/h3-12H,1-2H3,(H3,25,26,27,28). The molecule has 1 unspecified atom stereocenters. The van der Waals surface area contributed by atoms with Crippen molar-refractivity contribution < 1.29 is 4.52 Å². The first-order chi connectivity index (χ1) is 16.0. The van der Waals surface area contributed by atoms with Crippen LogP contribution in [0, 0.1) is 6.92 Å². The Morgan fingerprint density at radius 3 is 2.42 bits per heavy atom. The van der Waals surface area contributed by atoms with Gasteiger partial charge >= 0.3 is 0 Å². The number of fused-ring (bicyclic) bond motifs is 1. The van der Waals surface area contributed by atoms with Gasteiger partial charge in [-0.2, -0.15) is 4.98 Å². The van der Waals surface area contributed by atoms with Crippen LogP contribution in [0.4, 0.5) is 11.6 Å². The van der Waals surface area contributed by atoms with Gasteiger partial charge in [0.05, 0.1) is 33.5 Å². The number of nitrogens with zero attached hydrogens (tertiary/aromatic N) is 6. The molecule has 0 aliphatic heterocycles. The molecular formula is C23H19ClN8O. The lowest BCUT2D eigenvalue weighted by Gasteiger charge is -2.19. The number of anilines is 2. The molecule has 0 bridgehead atoms. The highest BCUT2D eigenvalue weighted by atomic mass is 35.5. The number of halogens is 1. The molecular weight excluding hydrogens is 440 g/mol. The molecule has 0 fully saturated rings. The van der Waals surface area contributed by atoms with E-state index in [0.29, 0.717) is 39.5 Å². The zero-order valence-electron chi connectivity index (χ0n) is 17.8. The Kier molecular flexibility index (Phi) is 5.31. The summed E-state index contributed by atoms with van der Waals surface area (Å²) in [5.74, 6) is 1.40. The summed E-state index contributed by atoms with van der Waals surface area (Å²) in [5.41, 5.74) is 10.3. The van der Waals surface area contributed by atoms with Crippen LogP contribution in [0.3, 0.4) is 0 Å². The molecule has 0 aliphatic carbocycles. The lowest BCUT2D eigenvalue weighted by molar-refractivity contribution is 0.394. The van der Waals surface area contributed by atoms with Crippen molar-refractivity contribution in [3.8, 4) is 22.6 Å². The molecule has 5 rings (SSSR count). The van der Waals surface area contributed by atoms with Gasteiger partial charge in [-0.05, 0) is 25.1 Å². The van der Waals surface area contributed by atoms with Gasteiger partial charge in [-0.25, -0.2) is 19.9 Å². The molecule has 5 aromatic rings. The van der Waals surface area contributed by atoms with E-state index in [0.717, 1.165) is 16.6 Å². The van der Waals surface area contributed by atoms with E-state index in [4.69, 9.17) is 31.8 Å². The Bertz CT molecular complexity index is 1470. The largest absolute Gasteiger partial charge is 0.383 e. The van der Waals surface area contributed by atoms with Crippen LogP contribution >= 0.6 is 11.6 Å². The highest BCUT2D eigenvalue weighted by Gasteiger charge is 2.23. The zero-order valence-corrected chi connectivity index (χ0v) is 18.6. The minimum atomic E-state index is -0.325. The van der Waals surface area contributed by atoms with Crippen molar-refractivity contribution >= 4 is 34.3 Å². The maximum absolute atomic E-state index is 6.52. The zero-order chi connectivity index (χ0) is 22.9. The fraction of sp³-hybridized carbons (Fsp3) is 0.130. The molecule has 10 heteroatoms. The molecule has 0 saturated carbocycles. The van der Waals surface area contributed by atoms with Crippen molar-refractivity contribution in [2.45, 2.75) is 19.9 Å². The monoisotopic (exact) mass is 458 g/mol. The van der Waals surface area contributed by atoms with Crippen molar-refractivity contribution in [2.24, 2.45) is 0 Å². The number of hydrogen-bond acceptors (Lipinski definition) is 9. The molecule has 3 aromatic heterocycles. The predicted molar refractivity (Wildman–Crippen MR) is 126 cm³/mol. The van der Waals surface area contributed by atoms with Crippen molar-refractivity contribution in [1.29, 1.82) is 0 Å². The maximum Gasteiger partial charge on any atom is 0.223 e. The number of nitrogens with two attached hydrogens (primary N) is 1. The van der Waals surface area contributed by atoms with Gasteiger partial charge in [-0.3, -0.25) is 0 Å². The quantitative estimate of drug-likeness (QED) is 0.379. The minimum absolute atomic E-state index is 0.233. The summed E-state index contributed by atoms with van der Waals surface area (Å²) >= 11 is 6.52. The van der Waals surface area contributed by atoms with Gasteiger partial charge in [0.15, 0.2) is 0 Å². The van der Waals surface area contributed by atoms with E-state index in [1.165, 1.54) is 6.33 Å². The number of para-hydroxylation sites is 2. The van der Waals surface area contributed by atoms with Crippen LogP contribution < -0.4 is 11.1 Å². The molecule has 9 nitrogen and oxygen atoms in total. The molecule has 1 atom stereocenters. The first-order valence-electron chi connectivity index (χ1n) is 10.2. The molecule has 0 spiro atoms. The van der Waals surface area contributed by atoms with E-state index < -0.39 is 0 Å². The fourth-order valence-electron chi connectivity index (χ4n) is 3.57. The Morgan fingerprint density at radius 1 is 0.970 bits per heavy atom. The number of aromatic nitrogens is 6. The summed E-state index contributed by atoms with van der Waals surface area (Å²) in [6, 6.07) is 14.9. The van der Waals surface area contributed by atoms with Crippen molar-refractivity contribution in [3.63, 3.8) is 0 Å². The molecule has 0 saturated heterocycles. The second kappa shape index (κ2) is 8.44. The Morgan fingerprint density at radius 2 is 1.70 bits per heavy atom. The molecule has 0 radical (unpaired) electrons. The van der Waals surface area contributed by atoms with Crippen molar-refractivity contribution in [3.05, 3.63) is 71.5 Å². The van der Waals surface area contributed by atoms with E-state index in [9.17, 15) is 0 Å². The Hall–Kier alpha value is -4.11. The average molecular weight is 459 g/mol. The maximum atomic E-state index is 6.52. The lowest BCUT2D eigenvalue weighted by Crippen LogP contribution is -2.14. The van der Waals surface area contributed by atoms with Gasteiger partial charge < -0.3 is 15.6 Å². The summed E-state index contributed by atoms with van der Waals surface area (Å²) in [4.78, 5) is 22.5. The third kappa shape index (κ3) is 3.94. The number of rotatable bonds is 5. The van der Waals surface area contributed by atoms with Gasteiger partial charge in [-0.15, -0.1) is 0 Å². The Balaban J connectivity index is 1.63. The number of benzene rings is 2. The third-order valence-corrected chi connectivity index (χ3v) is 5.45. The molecule has 0 amide bonds. The summed E-state index contributed by atoms with van der Waals surface area (Å²) in [7, 11) is 0. The van der Waals surface area contributed by atoms with E-state index >= 15 is 0 Å². The lowest BCUT2D eigenvalue weighted by atomic mass is 10.0. The summed E-state index contributed by atoms with van der Waals surface area (Å²) in [5, 5.41) is 7.93. The van der Waals surface area contributed by atoms with Gasteiger partial charge in [0, 0.05) is 12.5 Å². The van der Waals surface area contributed by atoms with Gasteiger partial charge in [0.25, 0.3) is 0 Å².